The van der Waals surface area contributed by atoms with E-state index in [9.17, 15) is 0 Å². The van der Waals surface area contributed by atoms with Crippen LogP contribution in [0.1, 0.15) is 67.2 Å². The zero-order valence-corrected chi connectivity index (χ0v) is 21.3. The van der Waals surface area contributed by atoms with Gasteiger partial charge in [-0.2, -0.15) is 0 Å². The maximum atomic E-state index is 5.43. The Hall–Kier alpha value is -0.0957. The summed E-state index contributed by atoms with van der Waals surface area (Å²) in [6.45, 7) is 20.9. The van der Waals surface area contributed by atoms with Crippen molar-refractivity contribution >= 4 is 7.05 Å². The van der Waals surface area contributed by atoms with Crippen LogP contribution in [0.5, 0.6) is 0 Å². The Kier molecular flexibility index (Phi) is 18.1. The number of rotatable bonds is 11. The van der Waals surface area contributed by atoms with Gasteiger partial charge in [-0.15, -0.1) is 0 Å². The minimum Gasteiger partial charge on any atom is -0.272 e. The average molecular weight is 425 g/mol. The Morgan fingerprint density at radius 2 is 1.30 bits per heavy atom. The van der Waals surface area contributed by atoms with Crippen LogP contribution in [0.2, 0.25) is 0 Å². The van der Waals surface area contributed by atoms with E-state index in [4.69, 9.17) is 4.74 Å². The van der Waals surface area contributed by atoms with Gasteiger partial charge in [0.05, 0.1) is 0 Å². The first-order valence-electron chi connectivity index (χ1n) is 10.4. The van der Waals surface area contributed by atoms with Crippen LogP contribution in [0, 0.1) is 17.8 Å². The standard InChI is InChI=1S/C20H38NP.C4H6.Ti/c1-17(2)11-14-22(15-12-18(3)4,16-13-19(5)6)21-20-9-7-8-10-20;1-3-4-2;/h7-9,17-19H,10-16H2,1-6H3;3-4H,1-2H2;. The van der Waals surface area contributed by atoms with Crippen molar-refractivity contribution in [3.63, 3.8) is 0 Å². The van der Waals surface area contributed by atoms with Gasteiger partial charge in [-0.25, -0.2) is 0 Å². The van der Waals surface area contributed by atoms with Crippen molar-refractivity contribution in [2.24, 2.45) is 22.5 Å². The van der Waals surface area contributed by atoms with E-state index < -0.39 is 7.05 Å². The van der Waals surface area contributed by atoms with Crippen molar-refractivity contribution in [1.82, 2.24) is 0 Å². The van der Waals surface area contributed by atoms with Gasteiger partial charge in [0.1, 0.15) is 0 Å². The van der Waals surface area contributed by atoms with Gasteiger partial charge in [-0.3, -0.25) is 4.74 Å². The van der Waals surface area contributed by atoms with Gasteiger partial charge in [0.15, 0.2) is 0 Å². The first-order valence-corrected chi connectivity index (χ1v) is 12.7. The zero-order valence-electron chi connectivity index (χ0n) is 18.9. The summed E-state index contributed by atoms with van der Waals surface area (Å²) in [7, 11) is -1.19. The Bertz CT molecular complexity index is 468. The summed E-state index contributed by atoms with van der Waals surface area (Å²) in [5.74, 6) is 2.38. The molecule has 0 aromatic heterocycles. The molecule has 0 bridgehead atoms. The van der Waals surface area contributed by atoms with Crippen LogP contribution in [0.15, 0.2) is 54.0 Å². The van der Waals surface area contributed by atoms with Gasteiger partial charge in [-0.1, -0.05) is 79.0 Å². The predicted molar refractivity (Wildman–Crippen MR) is 125 cm³/mol. The van der Waals surface area contributed by atoms with E-state index in [-0.39, 0.29) is 21.7 Å². The second kappa shape index (κ2) is 16.8. The molecule has 0 aliphatic heterocycles. The molecule has 0 saturated carbocycles. The minimum atomic E-state index is -1.19. The minimum absolute atomic E-state index is 0. The van der Waals surface area contributed by atoms with Crippen LogP contribution in [0.4, 0.5) is 0 Å². The molecule has 154 valence electrons. The Morgan fingerprint density at radius 1 is 0.889 bits per heavy atom. The first-order chi connectivity index (χ1) is 12.2. The fraction of sp³-hybridized carbons (Fsp3) is 0.667. The van der Waals surface area contributed by atoms with Gasteiger partial charge in [-0.05, 0) is 68.6 Å². The molecular weight excluding hydrogens is 381 g/mol. The molecule has 0 saturated heterocycles. The largest absolute Gasteiger partial charge is 0.272 e. The van der Waals surface area contributed by atoms with Gasteiger partial charge < -0.3 is 0 Å². The van der Waals surface area contributed by atoms with E-state index in [0.29, 0.717) is 0 Å². The Labute approximate surface area is 185 Å². The number of hydrogen-bond donors (Lipinski definition) is 0. The predicted octanol–water partition coefficient (Wildman–Crippen LogP) is 8.53. The quantitative estimate of drug-likeness (QED) is 0.179. The summed E-state index contributed by atoms with van der Waals surface area (Å²) in [6.07, 6.45) is 19.1. The fourth-order valence-electron chi connectivity index (χ4n) is 2.76. The van der Waals surface area contributed by atoms with E-state index in [1.165, 1.54) is 43.4 Å². The van der Waals surface area contributed by atoms with Crippen LogP contribution >= 0.6 is 7.05 Å². The maximum absolute atomic E-state index is 5.43. The summed E-state index contributed by atoms with van der Waals surface area (Å²) in [5, 5.41) is 0. The van der Waals surface area contributed by atoms with E-state index in [2.05, 4.69) is 72.9 Å². The van der Waals surface area contributed by atoms with E-state index in [1.807, 2.05) is 0 Å². The van der Waals surface area contributed by atoms with Gasteiger partial charge in [0.2, 0.25) is 0 Å². The van der Waals surface area contributed by atoms with Crippen molar-refractivity contribution in [3.05, 3.63) is 49.2 Å². The smallest absolute Gasteiger partial charge is 0.0425 e. The molecule has 0 amide bonds. The van der Waals surface area contributed by atoms with E-state index in [0.717, 1.165) is 24.2 Å². The third-order valence-electron chi connectivity index (χ3n) is 4.63. The van der Waals surface area contributed by atoms with Crippen molar-refractivity contribution in [3.8, 4) is 0 Å². The van der Waals surface area contributed by atoms with Gasteiger partial charge >= 0.3 is 0 Å². The molecule has 27 heavy (non-hydrogen) atoms. The van der Waals surface area contributed by atoms with Crippen LogP contribution in [0.25, 0.3) is 0 Å². The third kappa shape index (κ3) is 15.5. The zero-order chi connectivity index (χ0) is 20.0. The number of nitrogens with zero attached hydrogens (tertiary/aromatic N) is 1. The molecule has 1 rings (SSSR count). The van der Waals surface area contributed by atoms with Gasteiger partial charge in [0, 0.05) is 33.8 Å². The summed E-state index contributed by atoms with van der Waals surface area (Å²) >= 11 is 0. The summed E-state index contributed by atoms with van der Waals surface area (Å²) in [4.78, 5) is 0. The molecule has 1 aliphatic rings. The molecule has 0 fully saturated rings. The Balaban J connectivity index is 0. The molecule has 0 aromatic carbocycles. The molecule has 0 N–H and O–H groups in total. The van der Waals surface area contributed by atoms with Crippen LogP contribution in [-0.4, -0.2) is 18.5 Å². The molecule has 0 heterocycles. The van der Waals surface area contributed by atoms with Crippen molar-refractivity contribution in [2.45, 2.75) is 67.2 Å². The first kappa shape index (κ1) is 29.1. The topological polar surface area (TPSA) is 12.4 Å². The normalized spacial score (nSPS) is 13.1. The number of hydrogen-bond acceptors (Lipinski definition) is 1. The number of allylic oxidation sites excluding steroid dienone is 5. The van der Waals surface area contributed by atoms with Crippen LogP contribution in [-0.2, 0) is 21.7 Å². The molecule has 1 aliphatic carbocycles. The molecule has 3 heteroatoms. The van der Waals surface area contributed by atoms with Crippen LogP contribution < -0.4 is 0 Å². The third-order valence-corrected chi connectivity index (χ3v) is 8.58. The van der Waals surface area contributed by atoms with Crippen molar-refractivity contribution in [1.29, 1.82) is 0 Å². The summed E-state index contributed by atoms with van der Waals surface area (Å²) in [6, 6.07) is 0. The second-order valence-electron chi connectivity index (χ2n) is 8.68. The second-order valence-corrected chi connectivity index (χ2v) is 12.4. The maximum Gasteiger partial charge on any atom is 0.0425 e. The van der Waals surface area contributed by atoms with Crippen LogP contribution in [0.3, 0.4) is 0 Å². The van der Waals surface area contributed by atoms with Crippen molar-refractivity contribution in [2.75, 3.05) is 18.5 Å². The van der Waals surface area contributed by atoms with E-state index >= 15 is 0 Å². The monoisotopic (exact) mass is 425 g/mol. The SMILES string of the molecule is C=CC=C.CC(C)CCP(CCC(C)C)(CCC(C)C)=NC1=CC=CC1.[Ti]. The Morgan fingerprint density at radius 3 is 1.56 bits per heavy atom. The van der Waals surface area contributed by atoms with Gasteiger partial charge in [0.25, 0.3) is 0 Å². The average Bonchev–Trinajstić information content (AvgIpc) is 3.09. The molecule has 0 atom stereocenters. The molecule has 0 spiro atoms. The summed E-state index contributed by atoms with van der Waals surface area (Å²) in [5.41, 5.74) is 1.35. The molecular formula is C24H44NPTi. The fourth-order valence-corrected chi connectivity index (χ4v) is 7.42. The van der Waals surface area contributed by atoms with Crippen molar-refractivity contribution < 1.29 is 21.7 Å². The molecule has 1 nitrogen and oxygen atoms in total. The molecule has 0 aromatic rings. The molecule has 0 radical (unpaired) electrons. The molecule has 0 unspecified atom stereocenters. The van der Waals surface area contributed by atoms with E-state index in [1.54, 1.807) is 12.2 Å². The summed E-state index contributed by atoms with van der Waals surface area (Å²) < 4.78 is 5.43.